The van der Waals surface area contributed by atoms with Crippen molar-refractivity contribution in [3.8, 4) is 89.8 Å². The highest BCUT2D eigenvalue weighted by Crippen LogP contribution is 2.50. The monoisotopic (exact) mass is 819 g/mol. The summed E-state index contributed by atoms with van der Waals surface area (Å²) < 4.78 is 6.58. The first-order valence-corrected chi connectivity index (χ1v) is 21.8. The molecule has 302 valence electrons. The first kappa shape index (κ1) is 37.5. The Balaban J connectivity index is 0.989. The third-order valence-electron chi connectivity index (χ3n) is 13.0. The second-order valence-electron chi connectivity index (χ2n) is 17.2. The highest BCUT2D eigenvalue weighted by Gasteiger charge is 2.35. The molecule has 2 heterocycles. The Labute approximate surface area is 372 Å². The number of hydrogen-bond donors (Lipinski definition) is 0. The van der Waals surface area contributed by atoms with E-state index in [1.54, 1.807) is 0 Å². The highest BCUT2D eigenvalue weighted by atomic mass is 16.3. The highest BCUT2D eigenvalue weighted by molar-refractivity contribution is 6.13. The summed E-state index contributed by atoms with van der Waals surface area (Å²) in [7, 11) is 0. The van der Waals surface area contributed by atoms with Gasteiger partial charge in [-0.3, -0.25) is 0 Å². The first-order valence-electron chi connectivity index (χ1n) is 21.8. The maximum Gasteiger partial charge on any atom is 0.164 e. The molecule has 0 N–H and O–H groups in total. The van der Waals surface area contributed by atoms with E-state index in [4.69, 9.17) is 19.4 Å². The quantitative estimate of drug-likeness (QED) is 0.161. The Hall–Kier alpha value is -8.21. The van der Waals surface area contributed by atoms with Crippen LogP contribution >= 0.6 is 0 Å². The summed E-state index contributed by atoms with van der Waals surface area (Å²) in [4.78, 5) is 15.7. The Morgan fingerprint density at radius 1 is 0.312 bits per heavy atom. The number of nitrogens with zero attached hydrogens (tertiary/aromatic N) is 3. The molecule has 0 aliphatic heterocycles. The first-order chi connectivity index (χ1) is 31.5. The molecule has 0 saturated carbocycles. The van der Waals surface area contributed by atoms with Crippen LogP contribution in [-0.4, -0.2) is 15.0 Å². The van der Waals surface area contributed by atoms with Gasteiger partial charge in [-0.05, 0) is 97.1 Å². The third-order valence-corrected chi connectivity index (χ3v) is 13.0. The summed E-state index contributed by atoms with van der Waals surface area (Å²) in [5.74, 6) is 1.79. The number of aromatic nitrogens is 3. The molecule has 0 spiro atoms. The van der Waals surface area contributed by atoms with Gasteiger partial charge in [0.2, 0.25) is 0 Å². The smallest absolute Gasteiger partial charge is 0.164 e. The van der Waals surface area contributed by atoms with Crippen molar-refractivity contribution in [2.24, 2.45) is 0 Å². The molecule has 0 unspecified atom stereocenters. The van der Waals surface area contributed by atoms with Gasteiger partial charge in [0.15, 0.2) is 17.5 Å². The van der Waals surface area contributed by atoms with Crippen molar-refractivity contribution in [2.75, 3.05) is 0 Å². The second kappa shape index (κ2) is 15.0. The Morgan fingerprint density at radius 2 is 0.812 bits per heavy atom. The zero-order valence-electron chi connectivity index (χ0n) is 35.5. The molecule has 0 fully saturated rings. The molecule has 1 aliphatic carbocycles. The zero-order chi connectivity index (χ0) is 42.8. The number of benzene rings is 9. The molecule has 11 aromatic rings. The van der Waals surface area contributed by atoms with E-state index in [0.29, 0.717) is 17.5 Å². The van der Waals surface area contributed by atoms with E-state index in [1.165, 1.54) is 33.4 Å². The summed E-state index contributed by atoms with van der Waals surface area (Å²) in [6, 6.07) is 74.9. The minimum absolute atomic E-state index is 0.0286. The average molecular weight is 820 g/mol. The molecule has 2 aromatic heterocycles. The van der Waals surface area contributed by atoms with Gasteiger partial charge in [0.1, 0.15) is 11.2 Å². The summed E-state index contributed by atoms with van der Waals surface area (Å²) in [6.07, 6.45) is 0. The van der Waals surface area contributed by atoms with Crippen molar-refractivity contribution in [3.05, 3.63) is 223 Å². The molecular formula is C60H41N3O. The molecule has 0 atom stereocenters. The van der Waals surface area contributed by atoms with Crippen LogP contribution in [0.25, 0.3) is 112 Å². The molecular weight excluding hydrogens is 779 g/mol. The fourth-order valence-electron chi connectivity index (χ4n) is 9.71. The van der Waals surface area contributed by atoms with Gasteiger partial charge in [0, 0.05) is 32.9 Å². The van der Waals surface area contributed by atoms with Gasteiger partial charge in [0.05, 0.1) is 0 Å². The molecule has 1 aliphatic rings. The van der Waals surface area contributed by atoms with Crippen molar-refractivity contribution in [1.29, 1.82) is 0 Å². The molecule has 4 heteroatoms. The van der Waals surface area contributed by atoms with Gasteiger partial charge >= 0.3 is 0 Å². The number of furan rings is 1. The minimum Gasteiger partial charge on any atom is -0.456 e. The lowest BCUT2D eigenvalue weighted by molar-refractivity contribution is 0.660. The van der Waals surface area contributed by atoms with E-state index < -0.39 is 0 Å². The summed E-state index contributed by atoms with van der Waals surface area (Å²) >= 11 is 0. The van der Waals surface area contributed by atoms with Crippen LogP contribution in [0.5, 0.6) is 0 Å². The van der Waals surface area contributed by atoms with E-state index in [0.717, 1.165) is 72.0 Å². The van der Waals surface area contributed by atoms with E-state index in [9.17, 15) is 0 Å². The topological polar surface area (TPSA) is 51.8 Å². The molecule has 4 nitrogen and oxygen atoms in total. The van der Waals surface area contributed by atoms with Crippen molar-refractivity contribution < 1.29 is 4.42 Å². The van der Waals surface area contributed by atoms with Crippen molar-refractivity contribution >= 4 is 21.9 Å². The lowest BCUT2D eigenvalue weighted by Crippen LogP contribution is -2.14. The number of fused-ring (bicyclic) bond motifs is 6. The molecule has 0 saturated heterocycles. The third kappa shape index (κ3) is 6.34. The van der Waals surface area contributed by atoms with Crippen LogP contribution in [0.4, 0.5) is 0 Å². The van der Waals surface area contributed by atoms with E-state index in [1.807, 2.05) is 30.3 Å². The molecule has 0 amide bonds. The molecule has 64 heavy (non-hydrogen) atoms. The molecule has 0 radical (unpaired) electrons. The zero-order valence-corrected chi connectivity index (χ0v) is 35.5. The molecule has 12 rings (SSSR count). The summed E-state index contributed by atoms with van der Waals surface area (Å²) in [6.45, 7) is 4.65. The van der Waals surface area contributed by atoms with Gasteiger partial charge in [-0.1, -0.05) is 196 Å². The summed E-state index contributed by atoms with van der Waals surface area (Å²) in [5, 5.41) is 1.97. The average Bonchev–Trinajstić information content (AvgIpc) is 3.85. The Morgan fingerprint density at radius 3 is 1.58 bits per heavy atom. The van der Waals surface area contributed by atoms with Crippen LogP contribution in [0, 0.1) is 0 Å². The van der Waals surface area contributed by atoms with Gasteiger partial charge in [-0.2, -0.15) is 0 Å². The van der Waals surface area contributed by atoms with Crippen molar-refractivity contribution in [2.45, 2.75) is 19.3 Å². The Kier molecular flexibility index (Phi) is 8.80. The van der Waals surface area contributed by atoms with Gasteiger partial charge in [-0.15, -0.1) is 0 Å². The van der Waals surface area contributed by atoms with Crippen LogP contribution in [0.3, 0.4) is 0 Å². The predicted octanol–water partition coefficient (Wildman–Crippen LogP) is 15.7. The lowest BCUT2D eigenvalue weighted by atomic mass is 9.82. The maximum atomic E-state index is 6.58. The van der Waals surface area contributed by atoms with E-state index >= 15 is 0 Å². The normalized spacial score (nSPS) is 12.7. The van der Waals surface area contributed by atoms with Crippen molar-refractivity contribution in [1.82, 2.24) is 15.0 Å². The summed E-state index contributed by atoms with van der Waals surface area (Å²) in [5.41, 5.74) is 18.7. The van der Waals surface area contributed by atoms with Crippen LogP contribution in [-0.2, 0) is 5.41 Å². The van der Waals surface area contributed by atoms with Crippen molar-refractivity contribution in [3.63, 3.8) is 0 Å². The fourth-order valence-corrected chi connectivity index (χ4v) is 9.71. The lowest BCUT2D eigenvalue weighted by Gasteiger charge is -2.21. The number of rotatable bonds is 7. The predicted molar refractivity (Wildman–Crippen MR) is 263 cm³/mol. The molecule has 9 aromatic carbocycles. The van der Waals surface area contributed by atoms with Gasteiger partial charge < -0.3 is 4.42 Å². The largest absolute Gasteiger partial charge is 0.456 e. The van der Waals surface area contributed by atoms with Crippen LogP contribution in [0.15, 0.2) is 217 Å². The van der Waals surface area contributed by atoms with Gasteiger partial charge in [0.25, 0.3) is 0 Å². The maximum absolute atomic E-state index is 6.58. The molecule has 0 bridgehead atoms. The van der Waals surface area contributed by atoms with E-state index in [-0.39, 0.29) is 5.41 Å². The van der Waals surface area contributed by atoms with Crippen LogP contribution in [0.1, 0.15) is 25.0 Å². The van der Waals surface area contributed by atoms with Gasteiger partial charge in [-0.25, -0.2) is 15.0 Å². The van der Waals surface area contributed by atoms with Crippen LogP contribution < -0.4 is 0 Å². The minimum atomic E-state index is -0.0286. The van der Waals surface area contributed by atoms with Crippen LogP contribution in [0.2, 0.25) is 0 Å². The fraction of sp³-hybridized carbons (Fsp3) is 0.0500. The SMILES string of the molecule is CC1(C)c2ccccc2-c2cc(-c3cccc(-c4ccc5oc6cccc(-c7nc(-c8ccc(-c9ccccc9)cc8)nc(-c8ccccc8-c8ccccc8)n7)c6c5c4)c3)ccc21. The Bertz CT molecular complexity index is 3570. The number of hydrogen-bond acceptors (Lipinski definition) is 4. The second-order valence-corrected chi connectivity index (χ2v) is 17.2. The van der Waals surface area contributed by atoms with E-state index in [2.05, 4.69) is 196 Å². The standard InChI is InChI=1S/C60H41N3O/c1-60(2)52-25-12-11-22-47(52)50-36-44(31-33-53(50)60)42-19-13-20-43(35-42)45-32-34-54-51(37-45)56-49(24-14-26-55(56)64-54)59-62-57(41-29-27-39(28-30-41)38-15-5-3-6-16-38)61-58(63-59)48-23-10-9-21-46(48)40-17-7-4-8-18-40/h3-37H,1-2H3.